The van der Waals surface area contributed by atoms with Gasteiger partial charge in [0.15, 0.2) is 0 Å². The molecule has 2 heterocycles. The molecule has 4 nitrogen and oxygen atoms in total. The lowest BCUT2D eigenvalue weighted by atomic mass is 9.97. The molecule has 1 aromatic carbocycles. The number of aromatic nitrogens is 3. The monoisotopic (exact) mass is 300 g/mol. The van der Waals surface area contributed by atoms with E-state index < -0.39 is 0 Å². The Labute approximate surface area is 125 Å². The number of halogens is 2. The summed E-state index contributed by atoms with van der Waals surface area (Å²) in [5.41, 5.74) is 1.14. The Kier molecular flexibility index (Phi) is 6.28. The van der Waals surface area contributed by atoms with Gasteiger partial charge in [0.05, 0.1) is 0 Å². The Morgan fingerprint density at radius 2 is 1.74 bits per heavy atom. The summed E-state index contributed by atoms with van der Waals surface area (Å²) in [4.78, 5) is 0. The van der Waals surface area contributed by atoms with Crippen molar-refractivity contribution in [3.63, 3.8) is 0 Å². The van der Waals surface area contributed by atoms with E-state index in [1.54, 1.807) is 0 Å². The van der Waals surface area contributed by atoms with Gasteiger partial charge in [-0.3, -0.25) is 4.57 Å². The molecule has 0 bridgehead atoms. The van der Waals surface area contributed by atoms with Gasteiger partial charge in [0.2, 0.25) is 0 Å². The molecule has 1 fully saturated rings. The van der Waals surface area contributed by atoms with Crippen LogP contribution in [0.25, 0.3) is 5.69 Å². The number of para-hydroxylation sites is 1. The Bertz CT molecular complexity index is 480. The Balaban J connectivity index is 0.000000902. The first-order chi connectivity index (χ1) is 8.45. The molecule has 1 N–H and O–H groups in total. The summed E-state index contributed by atoms with van der Waals surface area (Å²) in [7, 11) is 0. The van der Waals surface area contributed by atoms with E-state index >= 15 is 0 Å². The zero-order chi connectivity index (χ0) is 11.5. The van der Waals surface area contributed by atoms with E-state index in [1.165, 1.54) is 0 Å². The molecule has 19 heavy (non-hydrogen) atoms. The van der Waals surface area contributed by atoms with E-state index in [0.717, 1.165) is 37.4 Å². The SMILES string of the molecule is Cl.Cl.c1ccc(-n2cnnc2C2CCNCC2)cc1. The molecule has 104 valence electrons. The summed E-state index contributed by atoms with van der Waals surface area (Å²) in [5.74, 6) is 1.62. The molecule has 0 aliphatic carbocycles. The van der Waals surface area contributed by atoms with Crippen molar-refractivity contribution in [3.8, 4) is 5.69 Å². The maximum absolute atomic E-state index is 4.30. The van der Waals surface area contributed by atoms with Crippen molar-refractivity contribution in [1.29, 1.82) is 0 Å². The molecular formula is C13H18Cl2N4. The van der Waals surface area contributed by atoms with Crippen LogP contribution in [0.15, 0.2) is 36.7 Å². The van der Waals surface area contributed by atoms with Gasteiger partial charge < -0.3 is 5.32 Å². The standard InChI is InChI=1S/C13H16N4.2ClH/c1-2-4-12(5-3-1)17-10-15-16-13(17)11-6-8-14-9-7-11;;/h1-5,10-11,14H,6-9H2;2*1H. The van der Waals surface area contributed by atoms with Crippen molar-refractivity contribution in [1.82, 2.24) is 20.1 Å². The third-order valence-electron chi connectivity index (χ3n) is 3.31. The predicted octanol–water partition coefficient (Wildman–Crippen LogP) is 2.58. The highest BCUT2D eigenvalue weighted by Gasteiger charge is 2.20. The van der Waals surface area contributed by atoms with Crippen molar-refractivity contribution < 1.29 is 0 Å². The molecule has 1 aromatic heterocycles. The molecule has 1 saturated heterocycles. The van der Waals surface area contributed by atoms with E-state index in [0.29, 0.717) is 5.92 Å². The smallest absolute Gasteiger partial charge is 0.140 e. The van der Waals surface area contributed by atoms with Crippen molar-refractivity contribution in [2.75, 3.05) is 13.1 Å². The van der Waals surface area contributed by atoms with Crippen LogP contribution < -0.4 is 5.32 Å². The molecular weight excluding hydrogens is 283 g/mol. The molecule has 1 aliphatic heterocycles. The maximum Gasteiger partial charge on any atom is 0.140 e. The van der Waals surface area contributed by atoms with Crippen LogP contribution in [0, 0.1) is 0 Å². The Hall–Kier alpha value is -1.10. The van der Waals surface area contributed by atoms with Gasteiger partial charge in [-0.05, 0) is 38.1 Å². The highest BCUT2D eigenvalue weighted by atomic mass is 35.5. The number of benzene rings is 1. The summed E-state index contributed by atoms with van der Waals surface area (Å²) < 4.78 is 2.11. The second-order valence-corrected chi connectivity index (χ2v) is 4.42. The highest BCUT2D eigenvalue weighted by Crippen LogP contribution is 2.25. The Morgan fingerprint density at radius 3 is 2.42 bits per heavy atom. The van der Waals surface area contributed by atoms with Crippen LogP contribution in [0.1, 0.15) is 24.6 Å². The lowest BCUT2D eigenvalue weighted by Crippen LogP contribution is -2.28. The Morgan fingerprint density at radius 1 is 1.05 bits per heavy atom. The van der Waals surface area contributed by atoms with Crippen LogP contribution in [0.3, 0.4) is 0 Å². The van der Waals surface area contributed by atoms with Crippen molar-refractivity contribution in [2.45, 2.75) is 18.8 Å². The third-order valence-corrected chi connectivity index (χ3v) is 3.31. The molecule has 0 saturated carbocycles. The summed E-state index contributed by atoms with van der Waals surface area (Å²) in [6.07, 6.45) is 4.10. The molecule has 6 heteroatoms. The van der Waals surface area contributed by atoms with E-state index in [9.17, 15) is 0 Å². The van der Waals surface area contributed by atoms with Crippen LogP contribution in [-0.4, -0.2) is 27.9 Å². The first-order valence-electron chi connectivity index (χ1n) is 6.11. The first kappa shape index (κ1) is 16.0. The van der Waals surface area contributed by atoms with E-state index in [1.807, 2.05) is 24.5 Å². The lowest BCUT2D eigenvalue weighted by Gasteiger charge is -2.22. The van der Waals surface area contributed by atoms with E-state index in [-0.39, 0.29) is 24.8 Å². The summed E-state index contributed by atoms with van der Waals surface area (Å²) in [6, 6.07) is 10.3. The van der Waals surface area contributed by atoms with Gasteiger partial charge in [-0.2, -0.15) is 0 Å². The molecule has 0 radical (unpaired) electrons. The second kappa shape index (κ2) is 7.48. The minimum atomic E-state index is 0. The number of rotatable bonds is 2. The fraction of sp³-hybridized carbons (Fsp3) is 0.385. The van der Waals surface area contributed by atoms with Crippen molar-refractivity contribution >= 4 is 24.8 Å². The van der Waals surface area contributed by atoms with Crippen LogP contribution in [0.4, 0.5) is 0 Å². The fourth-order valence-electron chi connectivity index (χ4n) is 2.39. The van der Waals surface area contributed by atoms with Gasteiger partial charge in [-0.25, -0.2) is 0 Å². The van der Waals surface area contributed by atoms with Gasteiger partial charge in [0, 0.05) is 11.6 Å². The third kappa shape index (κ3) is 3.47. The van der Waals surface area contributed by atoms with E-state index in [2.05, 4.69) is 32.2 Å². The predicted molar refractivity (Wildman–Crippen MR) is 80.7 cm³/mol. The molecule has 0 unspecified atom stereocenters. The van der Waals surface area contributed by atoms with Gasteiger partial charge in [-0.15, -0.1) is 35.0 Å². The quantitative estimate of drug-likeness (QED) is 0.927. The normalized spacial score (nSPS) is 15.4. The number of hydrogen-bond donors (Lipinski definition) is 1. The summed E-state index contributed by atoms with van der Waals surface area (Å²) >= 11 is 0. The van der Waals surface area contributed by atoms with Crippen LogP contribution in [-0.2, 0) is 0 Å². The summed E-state index contributed by atoms with van der Waals surface area (Å²) in [6.45, 7) is 2.15. The highest BCUT2D eigenvalue weighted by molar-refractivity contribution is 5.85. The second-order valence-electron chi connectivity index (χ2n) is 4.42. The summed E-state index contributed by atoms with van der Waals surface area (Å²) in [5, 5.41) is 11.7. The average molecular weight is 301 g/mol. The fourth-order valence-corrected chi connectivity index (χ4v) is 2.39. The lowest BCUT2D eigenvalue weighted by molar-refractivity contribution is 0.440. The number of piperidine rings is 1. The van der Waals surface area contributed by atoms with Crippen molar-refractivity contribution in [2.24, 2.45) is 0 Å². The number of nitrogens with zero attached hydrogens (tertiary/aromatic N) is 3. The molecule has 2 aromatic rings. The number of nitrogens with one attached hydrogen (secondary N) is 1. The van der Waals surface area contributed by atoms with Gasteiger partial charge in [0.1, 0.15) is 12.2 Å². The van der Waals surface area contributed by atoms with Crippen LogP contribution >= 0.6 is 24.8 Å². The van der Waals surface area contributed by atoms with Crippen LogP contribution in [0.5, 0.6) is 0 Å². The van der Waals surface area contributed by atoms with Crippen LogP contribution in [0.2, 0.25) is 0 Å². The molecule has 0 amide bonds. The molecule has 1 aliphatic rings. The van der Waals surface area contributed by atoms with Gasteiger partial charge >= 0.3 is 0 Å². The van der Waals surface area contributed by atoms with Gasteiger partial charge in [0.25, 0.3) is 0 Å². The maximum atomic E-state index is 4.30. The topological polar surface area (TPSA) is 42.7 Å². The molecule has 3 rings (SSSR count). The first-order valence-corrected chi connectivity index (χ1v) is 6.11. The molecule has 0 spiro atoms. The average Bonchev–Trinajstić information content (AvgIpc) is 2.90. The van der Waals surface area contributed by atoms with Crippen molar-refractivity contribution in [3.05, 3.63) is 42.5 Å². The minimum absolute atomic E-state index is 0. The van der Waals surface area contributed by atoms with Gasteiger partial charge in [-0.1, -0.05) is 18.2 Å². The largest absolute Gasteiger partial charge is 0.317 e. The number of hydrogen-bond acceptors (Lipinski definition) is 3. The zero-order valence-electron chi connectivity index (χ0n) is 10.5. The zero-order valence-corrected chi connectivity index (χ0v) is 12.2. The van der Waals surface area contributed by atoms with E-state index in [4.69, 9.17) is 0 Å². The minimum Gasteiger partial charge on any atom is -0.317 e. The molecule has 0 atom stereocenters.